The minimum absolute atomic E-state index is 0.0448. The van der Waals surface area contributed by atoms with Gasteiger partial charge >= 0.3 is 0 Å². The standard InChI is InChI=1S/C12H10N4O2/c13-5-9(6-14)15-16-11-3-1-2-4-12(11)18-10-7-17-8-10/h1-4,10,16H,7-8H2. The molecule has 0 atom stereocenters. The Balaban J connectivity index is 2.10. The Kier molecular flexibility index (Phi) is 3.75. The second-order valence-corrected chi connectivity index (χ2v) is 3.57. The van der Waals surface area contributed by atoms with E-state index < -0.39 is 0 Å². The molecule has 0 saturated carbocycles. The van der Waals surface area contributed by atoms with Crippen LogP contribution in [0.15, 0.2) is 29.4 Å². The molecular weight excluding hydrogens is 232 g/mol. The normalized spacial score (nSPS) is 13.7. The molecule has 0 aromatic heterocycles. The lowest BCUT2D eigenvalue weighted by atomic mass is 10.2. The summed E-state index contributed by atoms with van der Waals surface area (Å²) in [7, 11) is 0. The van der Waals surface area contributed by atoms with Crippen LogP contribution in [0.3, 0.4) is 0 Å². The monoisotopic (exact) mass is 242 g/mol. The summed E-state index contributed by atoms with van der Waals surface area (Å²) in [6.07, 6.45) is 0.0448. The average molecular weight is 242 g/mol. The first-order valence-corrected chi connectivity index (χ1v) is 5.31. The van der Waals surface area contributed by atoms with E-state index in [1.54, 1.807) is 30.3 Å². The van der Waals surface area contributed by atoms with Crippen molar-refractivity contribution in [2.75, 3.05) is 18.6 Å². The van der Waals surface area contributed by atoms with Crippen LogP contribution in [-0.4, -0.2) is 25.0 Å². The summed E-state index contributed by atoms with van der Waals surface area (Å²) in [5.41, 5.74) is 3.01. The maximum atomic E-state index is 8.57. The number of hydrogen-bond acceptors (Lipinski definition) is 6. The third-order valence-electron chi connectivity index (χ3n) is 2.29. The molecule has 6 heteroatoms. The summed E-state index contributed by atoms with van der Waals surface area (Å²) in [5.74, 6) is 0.616. The highest BCUT2D eigenvalue weighted by Crippen LogP contribution is 2.26. The molecule has 1 aromatic rings. The van der Waals surface area contributed by atoms with Crippen molar-refractivity contribution in [3.05, 3.63) is 24.3 Å². The van der Waals surface area contributed by atoms with Gasteiger partial charge in [-0.05, 0) is 12.1 Å². The maximum Gasteiger partial charge on any atom is 0.237 e. The van der Waals surface area contributed by atoms with Crippen molar-refractivity contribution in [1.29, 1.82) is 10.5 Å². The molecule has 90 valence electrons. The molecule has 2 rings (SSSR count). The van der Waals surface area contributed by atoms with E-state index >= 15 is 0 Å². The minimum Gasteiger partial charge on any atom is -0.483 e. The van der Waals surface area contributed by atoms with Crippen LogP contribution >= 0.6 is 0 Å². The van der Waals surface area contributed by atoms with Crippen molar-refractivity contribution < 1.29 is 9.47 Å². The van der Waals surface area contributed by atoms with Gasteiger partial charge in [0, 0.05) is 0 Å². The molecule has 1 fully saturated rings. The lowest BCUT2D eigenvalue weighted by Crippen LogP contribution is -2.38. The van der Waals surface area contributed by atoms with Gasteiger partial charge in [0.1, 0.15) is 24.0 Å². The fourth-order valence-electron chi connectivity index (χ4n) is 1.31. The summed E-state index contributed by atoms with van der Waals surface area (Å²) in [6, 6.07) is 10.5. The summed E-state index contributed by atoms with van der Waals surface area (Å²) >= 11 is 0. The van der Waals surface area contributed by atoms with Crippen LogP contribution in [0.4, 0.5) is 5.69 Å². The number of nitrogens with zero attached hydrogens (tertiary/aromatic N) is 3. The van der Waals surface area contributed by atoms with E-state index in [0.29, 0.717) is 24.7 Å². The highest BCUT2D eigenvalue weighted by atomic mass is 16.6. The largest absolute Gasteiger partial charge is 0.483 e. The van der Waals surface area contributed by atoms with Gasteiger partial charge in [-0.2, -0.15) is 15.6 Å². The molecule has 0 unspecified atom stereocenters. The van der Waals surface area contributed by atoms with E-state index in [2.05, 4.69) is 10.5 Å². The lowest BCUT2D eigenvalue weighted by molar-refractivity contribution is -0.0794. The molecule has 6 nitrogen and oxygen atoms in total. The number of hydrazone groups is 1. The molecule has 0 aliphatic carbocycles. The molecule has 1 aliphatic heterocycles. The molecule has 18 heavy (non-hydrogen) atoms. The highest BCUT2D eigenvalue weighted by molar-refractivity contribution is 6.10. The summed E-state index contributed by atoms with van der Waals surface area (Å²) < 4.78 is 10.7. The van der Waals surface area contributed by atoms with Gasteiger partial charge in [0.2, 0.25) is 5.71 Å². The van der Waals surface area contributed by atoms with Crippen LogP contribution in [-0.2, 0) is 4.74 Å². The first-order chi connectivity index (χ1) is 8.83. The van der Waals surface area contributed by atoms with E-state index in [4.69, 9.17) is 20.0 Å². The van der Waals surface area contributed by atoms with E-state index in [9.17, 15) is 0 Å². The fourth-order valence-corrected chi connectivity index (χ4v) is 1.31. The van der Waals surface area contributed by atoms with E-state index in [0.717, 1.165) is 0 Å². The molecule has 1 aliphatic rings. The van der Waals surface area contributed by atoms with Crippen molar-refractivity contribution >= 4 is 11.4 Å². The number of nitrogens with one attached hydrogen (secondary N) is 1. The first kappa shape index (κ1) is 11.9. The zero-order valence-corrected chi connectivity index (χ0v) is 9.46. The topological polar surface area (TPSA) is 90.4 Å². The van der Waals surface area contributed by atoms with Crippen molar-refractivity contribution in [1.82, 2.24) is 0 Å². The minimum atomic E-state index is -0.239. The fraction of sp³-hybridized carbons (Fsp3) is 0.250. The van der Waals surface area contributed by atoms with Crippen molar-refractivity contribution in [3.63, 3.8) is 0 Å². The molecule has 0 bridgehead atoms. The van der Waals surface area contributed by atoms with Gasteiger partial charge in [0.15, 0.2) is 0 Å². The van der Waals surface area contributed by atoms with Gasteiger partial charge in [-0.15, -0.1) is 0 Å². The number of nitriles is 2. The van der Waals surface area contributed by atoms with Crippen LogP contribution in [0.5, 0.6) is 5.75 Å². The molecule has 0 radical (unpaired) electrons. The van der Waals surface area contributed by atoms with E-state index in [-0.39, 0.29) is 11.8 Å². The molecule has 1 heterocycles. The van der Waals surface area contributed by atoms with E-state index in [1.807, 2.05) is 6.07 Å². The van der Waals surface area contributed by atoms with Crippen LogP contribution in [0.25, 0.3) is 0 Å². The zero-order chi connectivity index (χ0) is 12.8. The molecular formula is C12H10N4O2. The third-order valence-corrected chi connectivity index (χ3v) is 2.29. The Bertz CT molecular complexity index is 522. The van der Waals surface area contributed by atoms with Gasteiger partial charge in [0.05, 0.1) is 18.9 Å². The summed E-state index contributed by atoms with van der Waals surface area (Å²) in [5, 5.41) is 20.8. The third kappa shape index (κ3) is 2.76. The van der Waals surface area contributed by atoms with Crippen LogP contribution in [0.1, 0.15) is 0 Å². The first-order valence-electron chi connectivity index (χ1n) is 5.31. The van der Waals surface area contributed by atoms with Gasteiger partial charge in [0.25, 0.3) is 0 Å². The van der Waals surface area contributed by atoms with Gasteiger partial charge in [-0.25, -0.2) is 0 Å². The van der Waals surface area contributed by atoms with Gasteiger partial charge < -0.3 is 9.47 Å². The Morgan fingerprint density at radius 2 is 2.06 bits per heavy atom. The average Bonchev–Trinajstić information content (AvgIpc) is 2.36. The second kappa shape index (κ2) is 5.67. The molecule has 1 aromatic carbocycles. The molecule has 1 saturated heterocycles. The SMILES string of the molecule is N#CC(C#N)=NNc1ccccc1OC1COC1. The number of para-hydroxylation sites is 2. The number of ether oxygens (including phenoxy) is 2. The number of benzene rings is 1. The van der Waals surface area contributed by atoms with E-state index in [1.165, 1.54) is 0 Å². The quantitative estimate of drug-likeness (QED) is 0.634. The smallest absolute Gasteiger partial charge is 0.237 e. The number of rotatable bonds is 4. The lowest BCUT2D eigenvalue weighted by Gasteiger charge is -2.27. The maximum absolute atomic E-state index is 8.57. The van der Waals surface area contributed by atoms with Crippen LogP contribution < -0.4 is 10.2 Å². The summed E-state index contributed by atoms with van der Waals surface area (Å²) in [6.45, 7) is 1.14. The van der Waals surface area contributed by atoms with Gasteiger partial charge in [-0.3, -0.25) is 5.43 Å². The number of anilines is 1. The van der Waals surface area contributed by atoms with Crippen molar-refractivity contribution in [3.8, 4) is 17.9 Å². The Morgan fingerprint density at radius 1 is 1.33 bits per heavy atom. The zero-order valence-electron chi connectivity index (χ0n) is 9.46. The number of hydrogen-bond donors (Lipinski definition) is 1. The Labute approximate surface area is 104 Å². The predicted octanol–water partition coefficient (Wildman–Crippen LogP) is 1.28. The molecule has 1 N–H and O–H groups in total. The molecule has 0 spiro atoms. The van der Waals surface area contributed by atoms with Crippen LogP contribution in [0.2, 0.25) is 0 Å². The summed E-state index contributed by atoms with van der Waals surface area (Å²) in [4.78, 5) is 0. The second-order valence-electron chi connectivity index (χ2n) is 3.57. The highest BCUT2D eigenvalue weighted by Gasteiger charge is 2.21. The Morgan fingerprint density at radius 3 is 2.67 bits per heavy atom. The molecule has 0 amide bonds. The van der Waals surface area contributed by atoms with Gasteiger partial charge in [-0.1, -0.05) is 12.1 Å². The van der Waals surface area contributed by atoms with Crippen molar-refractivity contribution in [2.45, 2.75) is 6.10 Å². The van der Waals surface area contributed by atoms with Crippen molar-refractivity contribution in [2.24, 2.45) is 5.10 Å². The Hall–Kier alpha value is -2.57. The predicted molar refractivity (Wildman–Crippen MR) is 64.0 cm³/mol. The van der Waals surface area contributed by atoms with Crippen LogP contribution in [0, 0.1) is 22.7 Å².